The summed E-state index contributed by atoms with van der Waals surface area (Å²) in [5.41, 5.74) is 1.33. The molecule has 8 heteroatoms. The zero-order chi connectivity index (χ0) is 19.1. The Morgan fingerprint density at radius 3 is 2.73 bits per heavy atom. The Balaban J connectivity index is 1.87. The largest absolute Gasteiger partial charge is 0.452 e. The van der Waals surface area contributed by atoms with Crippen LogP contribution in [-0.2, 0) is 14.3 Å². The third kappa shape index (κ3) is 5.71. The Morgan fingerprint density at radius 2 is 2.04 bits per heavy atom. The van der Waals surface area contributed by atoms with Crippen molar-refractivity contribution in [1.82, 2.24) is 0 Å². The predicted octanol–water partition coefficient (Wildman–Crippen LogP) is 3.75. The molecular weight excluding hydrogens is 360 g/mol. The predicted molar refractivity (Wildman–Crippen MR) is 97.9 cm³/mol. The van der Waals surface area contributed by atoms with Crippen molar-refractivity contribution in [3.05, 3.63) is 74.8 Å². The molecule has 7 nitrogen and oxygen atoms in total. The van der Waals surface area contributed by atoms with Crippen LogP contribution >= 0.6 is 11.6 Å². The maximum Gasteiger partial charge on any atom is 0.331 e. The molecule has 2 aromatic rings. The minimum Gasteiger partial charge on any atom is -0.452 e. The van der Waals surface area contributed by atoms with Crippen LogP contribution in [0, 0.1) is 17.0 Å². The number of aryl methyl sites for hydroxylation is 1. The summed E-state index contributed by atoms with van der Waals surface area (Å²) in [5, 5.41) is 13.9. The van der Waals surface area contributed by atoms with Crippen LogP contribution in [0.15, 0.2) is 48.5 Å². The number of halogens is 1. The number of ether oxygens (including phenoxy) is 1. The van der Waals surface area contributed by atoms with E-state index in [1.54, 1.807) is 31.2 Å². The lowest BCUT2D eigenvalue weighted by atomic mass is 10.2. The molecule has 0 fully saturated rings. The molecule has 0 aliphatic rings. The third-order valence-electron chi connectivity index (χ3n) is 3.30. The molecule has 0 saturated heterocycles. The van der Waals surface area contributed by atoms with Gasteiger partial charge in [-0.25, -0.2) is 4.79 Å². The van der Waals surface area contributed by atoms with Crippen LogP contribution < -0.4 is 5.32 Å². The number of rotatable bonds is 6. The Hall–Kier alpha value is -3.19. The molecule has 0 aliphatic heterocycles. The Kier molecular flexibility index (Phi) is 6.46. The van der Waals surface area contributed by atoms with Gasteiger partial charge in [-0.3, -0.25) is 14.9 Å². The summed E-state index contributed by atoms with van der Waals surface area (Å²) >= 11 is 5.84. The van der Waals surface area contributed by atoms with Crippen LogP contribution in [0.1, 0.15) is 11.1 Å². The van der Waals surface area contributed by atoms with Gasteiger partial charge in [0.15, 0.2) is 6.61 Å². The molecule has 0 unspecified atom stereocenters. The molecule has 0 aliphatic carbocycles. The van der Waals surface area contributed by atoms with Crippen molar-refractivity contribution in [1.29, 1.82) is 0 Å². The number of benzene rings is 2. The lowest BCUT2D eigenvalue weighted by Crippen LogP contribution is -2.20. The van der Waals surface area contributed by atoms with Gasteiger partial charge in [0.2, 0.25) is 0 Å². The van der Waals surface area contributed by atoms with E-state index in [9.17, 15) is 19.7 Å². The molecule has 1 amide bonds. The second-order valence-electron chi connectivity index (χ2n) is 5.30. The number of esters is 1. The lowest BCUT2D eigenvalue weighted by molar-refractivity contribution is -0.385. The normalized spacial score (nSPS) is 10.5. The van der Waals surface area contributed by atoms with E-state index in [2.05, 4.69) is 5.32 Å². The van der Waals surface area contributed by atoms with Gasteiger partial charge in [0.1, 0.15) is 0 Å². The van der Waals surface area contributed by atoms with Crippen molar-refractivity contribution in [3.8, 4) is 0 Å². The third-order valence-corrected chi connectivity index (χ3v) is 3.53. The second-order valence-corrected chi connectivity index (χ2v) is 5.74. The lowest BCUT2D eigenvalue weighted by Gasteiger charge is -2.06. The molecule has 0 radical (unpaired) electrons. The monoisotopic (exact) mass is 374 g/mol. The van der Waals surface area contributed by atoms with Crippen molar-refractivity contribution >= 4 is 40.9 Å². The minimum absolute atomic E-state index is 0.107. The molecule has 2 aromatic carbocycles. The highest BCUT2D eigenvalue weighted by Crippen LogP contribution is 2.22. The average Bonchev–Trinajstić information content (AvgIpc) is 2.59. The SMILES string of the molecule is Cc1ccc(NC(=O)COC(=O)C=Cc2cccc(Cl)c2)cc1[N+](=O)[O-]. The summed E-state index contributed by atoms with van der Waals surface area (Å²) in [6, 6.07) is 11.2. The van der Waals surface area contributed by atoms with E-state index in [1.165, 1.54) is 30.4 Å². The molecule has 2 rings (SSSR count). The summed E-state index contributed by atoms with van der Waals surface area (Å²) in [4.78, 5) is 33.8. The van der Waals surface area contributed by atoms with E-state index in [1.807, 2.05) is 0 Å². The second kappa shape index (κ2) is 8.77. The maximum absolute atomic E-state index is 11.8. The Morgan fingerprint density at radius 1 is 1.27 bits per heavy atom. The van der Waals surface area contributed by atoms with Crippen molar-refractivity contribution in [2.24, 2.45) is 0 Å². The van der Waals surface area contributed by atoms with E-state index in [-0.39, 0.29) is 11.4 Å². The number of anilines is 1. The fraction of sp³-hybridized carbons (Fsp3) is 0.111. The minimum atomic E-state index is -0.699. The first-order valence-electron chi connectivity index (χ1n) is 7.50. The van der Waals surface area contributed by atoms with Gasteiger partial charge in [-0.1, -0.05) is 29.8 Å². The number of carbonyl (C=O) groups excluding carboxylic acids is 2. The highest BCUT2D eigenvalue weighted by atomic mass is 35.5. The highest BCUT2D eigenvalue weighted by Gasteiger charge is 2.13. The average molecular weight is 375 g/mol. The molecule has 0 spiro atoms. The zero-order valence-corrected chi connectivity index (χ0v) is 14.5. The van der Waals surface area contributed by atoms with E-state index >= 15 is 0 Å². The summed E-state index contributed by atoms with van der Waals surface area (Å²) in [7, 11) is 0. The fourth-order valence-corrected chi connectivity index (χ4v) is 2.24. The summed E-state index contributed by atoms with van der Waals surface area (Å²) in [6.45, 7) is 1.08. The summed E-state index contributed by atoms with van der Waals surface area (Å²) in [6.07, 6.45) is 2.69. The maximum atomic E-state index is 11.8. The van der Waals surface area contributed by atoms with Crippen LogP contribution in [0.25, 0.3) is 6.08 Å². The van der Waals surface area contributed by atoms with Crippen molar-refractivity contribution in [2.45, 2.75) is 6.92 Å². The number of hydrogen-bond donors (Lipinski definition) is 1. The van der Waals surface area contributed by atoms with Crippen molar-refractivity contribution < 1.29 is 19.2 Å². The number of nitro benzene ring substituents is 1. The van der Waals surface area contributed by atoms with Gasteiger partial charge < -0.3 is 10.1 Å². The Labute approximate surface area is 154 Å². The van der Waals surface area contributed by atoms with E-state index in [4.69, 9.17) is 16.3 Å². The van der Waals surface area contributed by atoms with Gasteiger partial charge >= 0.3 is 5.97 Å². The van der Waals surface area contributed by atoms with Crippen LogP contribution in [-0.4, -0.2) is 23.4 Å². The first-order valence-corrected chi connectivity index (χ1v) is 7.88. The number of nitrogens with one attached hydrogen (secondary N) is 1. The van der Waals surface area contributed by atoms with E-state index in [0.29, 0.717) is 16.1 Å². The number of nitrogens with zero attached hydrogens (tertiary/aromatic N) is 1. The zero-order valence-electron chi connectivity index (χ0n) is 13.8. The van der Waals surface area contributed by atoms with Gasteiger partial charge in [-0.05, 0) is 36.8 Å². The molecule has 134 valence electrons. The number of nitro groups is 1. The smallest absolute Gasteiger partial charge is 0.331 e. The molecule has 26 heavy (non-hydrogen) atoms. The molecule has 0 aromatic heterocycles. The first kappa shape index (κ1) is 19.1. The van der Waals surface area contributed by atoms with Gasteiger partial charge in [-0.15, -0.1) is 0 Å². The van der Waals surface area contributed by atoms with Crippen LogP contribution in [0.4, 0.5) is 11.4 Å². The van der Waals surface area contributed by atoms with Gasteiger partial charge in [0.05, 0.1) is 4.92 Å². The summed E-state index contributed by atoms with van der Waals surface area (Å²) < 4.78 is 4.82. The molecule has 0 bridgehead atoms. The molecule has 0 atom stereocenters. The van der Waals surface area contributed by atoms with Crippen LogP contribution in [0.5, 0.6) is 0 Å². The standard InChI is InChI=1S/C18H15ClN2O5/c1-12-5-7-15(10-16(12)21(24)25)20-17(22)11-26-18(23)8-6-13-3-2-4-14(19)9-13/h2-10H,11H2,1H3,(H,20,22). The fourth-order valence-electron chi connectivity index (χ4n) is 2.04. The topological polar surface area (TPSA) is 98.5 Å². The molecule has 1 N–H and O–H groups in total. The summed E-state index contributed by atoms with van der Waals surface area (Å²) in [5.74, 6) is -1.30. The van der Waals surface area contributed by atoms with Crippen molar-refractivity contribution in [2.75, 3.05) is 11.9 Å². The van der Waals surface area contributed by atoms with E-state index in [0.717, 1.165) is 0 Å². The van der Waals surface area contributed by atoms with E-state index < -0.39 is 23.4 Å². The van der Waals surface area contributed by atoms with Gasteiger partial charge in [0.25, 0.3) is 11.6 Å². The molecule has 0 heterocycles. The van der Waals surface area contributed by atoms with Crippen molar-refractivity contribution in [3.63, 3.8) is 0 Å². The van der Waals surface area contributed by atoms with Gasteiger partial charge in [-0.2, -0.15) is 0 Å². The number of carbonyl (C=O) groups is 2. The van der Waals surface area contributed by atoms with Gasteiger partial charge in [0, 0.05) is 28.4 Å². The molecule has 0 saturated carbocycles. The first-order chi connectivity index (χ1) is 12.3. The van der Waals surface area contributed by atoms with Crippen LogP contribution in [0.3, 0.4) is 0 Å². The quantitative estimate of drug-likeness (QED) is 0.359. The number of amides is 1. The van der Waals surface area contributed by atoms with Crippen LogP contribution in [0.2, 0.25) is 5.02 Å². The number of hydrogen-bond acceptors (Lipinski definition) is 5. The Bertz CT molecular complexity index is 880. The highest BCUT2D eigenvalue weighted by molar-refractivity contribution is 6.30. The molecular formula is C18H15ClN2O5.